The predicted octanol–water partition coefficient (Wildman–Crippen LogP) is 0.914. The van der Waals surface area contributed by atoms with Gasteiger partial charge in [-0.1, -0.05) is 6.07 Å². The van der Waals surface area contributed by atoms with E-state index in [1.54, 1.807) is 0 Å². The van der Waals surface area contributed by atoms with E-state index >= 15 is 0 Å². The molecular formula is C20H19F2N3O5. The van der Waals surface area contributed by atoms with Crippen LogP contribution in [-0.2, 0) is 6.54 Å². The van der Waals surface area contributed by atoms with Crippen LogP contribution in [0.25, 0.3) is 0 Å². The van der Waals surface area contributed by atoms with Crippen LogP contribution in [0.4, 0.5) is 8.78 Å². The normalized spacial score (nSPS) is 20.5. The lowest BCUT2D eigenvalue weighted by atomic mass is 10.0. The lowest BCUT2D eigenvalue weighted by Gasteiger charge is -2.35. The molecule has 2 unspecified atom stereocenters. The maximum absolute atomic E-state index is 13.8. The molecule has 3 N–H and O–H groups in total. The van der Waals surface area contributed by atoms with Gasteiger partial charge in [0.2, 0.25) is 5.43 Å². The van der Waals surface area contributed by atoms with E-state index in [0.29, 0.717) is 25.5 Å². The van der Waals surface area contributed by atoms with Crippen LogP contribution in [0.5, 0.6) is 5.75 Å². The van der Waals surface area contributed by atoms with Gasteiger partial charge in [-0.05, 0) is 18.9 Å². The summed E-state index contributed by atoms with van der Waals surface area (Å²) in [7, 11) is 0. The van der Waals surface area contributed by atoms with E-state index < -0.39 is 52.3 Å². The van der Waals surface area contributed by atoms with Gasteiger partial charge >= 0.3 is 0 Å². The monoisotopic (exact) mass is 419 g/mol. The number of carbonyl (C=O) groups is 2. The number of hydrogen-bond donors (Lipinski definition) is 3. The third kappa shape index (κ3) is 3.32. The molecule has 158 valence electrons. The van der Waals surface area contributed by atoms with Gasteiger partial charge < -0.3 is 25.0 Å². The molecular weight excluding hydrogens is 400 g/mol. The summed E-state index contributed by atoms with van der Waals surface area (Å²) in [4.78, 5) is 39.3. The molecule has 8 nitrogen and oxygen atoms in total. The molecule has 3 heterocycles. The van der Waals surface area contributed by atoms with E-state index in [2.05, 4.69) is 5.32 Å². The largest absolute Gasteiger partial charge is 0.503 e. The van der Waals surface area contributed by atoms with Crippen LogP contribution in [0.3, 0.4) is 0 Å². The fourth-order valence-corrected chi connectivity index (χ4v) is 3.92. The van der Waals surface area contributed by atoms with Crippen LogP contribution in [0.2, 0.25) is 0 Å². The number of fused-ring (bicyclic) bond motifs is 4. The SMILES string of the molecule is O=C(NCc1ccc(F)cc1F)c1cn2c(c(O)c1=O)C(=O)N1CCCC(O)C2C1. The molecule has 30 heavy (non-hydrogen) atoms. The van der Waals surface area contributed by atoms with Crippen molar-refractivity contribution in [1.29, 1.82) is 0 Å². The smallest absolute Gasteiger partial charge is 0.274 e. The Hall–Kier alpha value is -3.27. The molecule has 2 aromatic rings. The van der Waals surface area contributed by atoms with Gasteiger partial charge in [-0.2, -0.15) is 0 Å². The van der Waals surface area contributed by atoms with Gasteiger partial charge in [-0.15, -0.1) is 0 Å². The summed E-state index contributed by atoms with van der Waals surface area (Å²) < 4.78 is 28.1. The molecule has 2 amide bonds. The molecule has 1 aromatic heterocycles. The van der Waals surface area contributed by atoms with Crippen molar-refractivity contribution in [3.05, 3.63) is 63.1 Å². The van der Waals surface area contributed by atoms with Crippen LogP contribution >= 0.6 is 0 Å². The molecule has 10 heteroatoms. The summed E-state index contributed by atoms with van der Waals surface area (Å²) in [5, 5.41) is 23.2. The number of carbonyl (C=O) groups excluding carboxylic acids is 2. The standard InChI is InChI=1S/C20H19F2N3O5/c21-11-4-3-10(13(22)6-11)7-23-19(29)12-8-25-14-9-24(5-1-2-15(14)26)20(30)16(25)18(28)17(12)27/h3-4,6,8,14-15,26,28H,1-2,5,7,9H2,(H,23,29). The second-order valence-corrected chi connectivity index (χ2v) is 7.42. The van der Waals surface area contributed by atoms with Crippen molar-refractivity contribution in [2.24, 2.45) is 0 Å². The zero-order chi connectivity index (χ0) is 21.6. The Bertz CT molecular complexity index is 1100. The zero-order valence-corrected chi connectivity index (χ0v) is 15.8. The summed E-state index contributed by atoms with van der Waals surface area (Å²) in [6.07, 6.45) is 1.31. The molecule has 1 fully saturated rings. The van der Waals surface area contributed by atoms with E-state index in [9.17, 15) is 33.4 Å². The van der Waals surface area contributed by atoms with Gasteiger partial charge in [0, 0.05) is 37.5 Å². The maximum atomic E-state index is 13.8. The highest BCUT2D eigenvalue weighted by atomic mass is 19.1. The highest BCUT2D eigenvalue weighted by Crippen LogP contribution is 2.32. The number of nitrogens with one attached hydrogen (secondary N) is 1. The summed E-state index contributed by atoms with van der Waals surface area (Å²) >= 11 is 0. The quantitative estimate of drug-likeness (QED) is 0.685. The van der Waals surface area contributed by atoms with E-state index in [1.165, 1.54) is 9.47 Å². The van der Waals surface area contributed by atoms with E-state index in [-0.39, 0.29) is 24.3 Å². The minimum Gasteiger partial charge on any atom is -0.503 e. The molecule has 2 atom stereocenters. The topological polar surface area (TPSA) is 112 Å². The number of hydrogen-bond acceptors (Lipinski definition) is 5. The first kappa shape index (κ1) is 20.0. The molecule has 1 saturated heterocycles. The summed E-state index contributed by atoms with van der Waals surface area (Å²) in [5.74, 6) is -3.93. The number of halogens is 2. The first-order valence-electron chi connectivity index (χ1n) is 9.45. The first-order valence-corrected chi connectivity index (χ1v) is 9.45. The van der Waals surface area contributed by atoms with Gasteiger partial charge in [0.05, 0.1) is 12.1 Å². The van der Waals surface area contributed by atoms with E-state index in [4.69, 9.17) is 0 Å². The van der Waals surface area contributed by atoms with Crippen LogP contribution in [0, 0.1) is 11.6 Å². The number of aromatic nitrogens is 1. The van der Waals surface area contributed by atoms with Crippen molar-refractivity contribution in [3.8, 4) is 5.75 Å². The van der Waals surface area contributed by atoms with Gasteiger partial charge in [0.1, 0.15) is 17.2 Å². The Morgan fingerprint density at radius 2 is 2.03 bits per heavy atom. The molecule has 2 aliphatic heterocycles. The number of aliphatic hydroxyl groups is 1. The van der Waals surface area contributed by atoms with E-state index in [1.807, 2.05) is 0 Å². The predicted molar refractivity (Wildman–Crippen MR) is 100 cm³/mol. The van der Waals surface area contributed by atoms with Crippen LogP contribution in [0.1, 0.15) is 45.3 Å². The second-order valence-electron chi connectivity index (χ2n) is 7.42. The summed E-state index contributed by atoms with van der Waals surface area (Å²) in [6.45, 7) is 0.272. The molecule has 2 aliphatic rings. The first-order chi connectivity index (χ1) is 14.3. The lowest BCUT2D eigenvalue weighted by molar-refractivity contribution is 0.0558. The fraction of sp³-hybridized carbons (Fsp3) is 0.350. The highest BCUT2D eigenvalue weighted by Gasteiger charge is 2.39. The van der Waals surface area contributed by atoms with Crippen LogP contribution in [0.15, 0.2) is 29.2 Å². The average Bonchev–Trinajstić information content (AvgIpc) is 2.87. The fourth-order valence-electron chi connectivity index (χ4n) is 3.92. The minimum absolute atomic E-state index is 0.0112. The second kappa shape index (κ2) is 7.52. The molecule has 0 spiro atoms. The molecule has 0 saturated carbocycles. The third-order valence-electron chi connectivity index (χ3n) is 5.54. The number of nitrogens with zero attached hydrogens (tertiary/aromatic N) is 2. The lowest BCUT2D eigenvalue weighted by Crippen LogP contribution is -2.46. The van der Waals surface area contributed by atoms with Gasteiger partial charge in [0.25, 0.3) is 11.8 Å². The number of rotatable bonds is 3. The maximum Gasteiger partial charge on any atom is 0.274 e. The minimum atomic E-state index is -1.04. The van der Waals surface area contributed by atoms with Crippen molar-refractivity contribution < 1.29 is 28.6 Å². The molecule has 0 radical (unpaired) electrons. The molecule has 2 bridgehead atoms. The Morgan fingerprint density at radius 1 is 1.27 bits per heavy atom. The summed E-state index contributed by atoms with van der Waals surface area (Å²) in [5.41, 5.74) is -1.74. The number of aliphatic hydroxyl groups excluding tert-OH is 1. The van der Waals surface area contributed by atoms with Crippen LogP contribution in [-0.4, -0.2) is 50.7 Å². The zero-order valence-electron chi connectivity index (χ0n) is 15.8. The molecule has 1 aromatic carbocycles. The number of aromatic hydroxyl groups is 1. The Labute approximate surface area is 169 Å². The highest BCUT2D eigenvalue weighted by molar-refractivity contribution is 5.99. The van der Waals surface area contributed by atoms with Crippen molar-refractivity contribution in [2.45, 2.75) is 31.5 Å². The number of amides is 2. The molecule has 4 rings (SSSR count). The average molecular weight is 419 g/mol. The van der Waals surface area contributed by atoms with Crippen molar-refractivity contribution >= 4 is 11.8 Å². The van der Waals surface area contributed by atoms with Crippen molar-refractivity contribution in [1.82, 2.24) is 14.8 Å². The Kier molecular flexibility index (Phi) is 5.02. The van der Waals surface area contributed by atoms with E-state index in [0.717, 1.165) is 18.3 Å². The Morgan fingerprint density at radius 3 is 2.77 bits per heavy atom. The van der Waals surface area contributed by atoms with Crippen LogP contribution < -0.4 is 10.7 Å². The summed E-state index contributed by atoms with van der Waals surface area (Å²) in [6, 6.07) is 2.26. The Balaban J connectivity index is 1.68. The third-order valence-corrected chi connectivity index (χ3v) is 5.54. The molecule has 0 aliphatic carbocycles. The van der Waals surface area contributed by atoms with Gasteiger partial charge in [-0.3, -0.25) is 14.4 Å². The van der Waals surface area contributed by atoms with Crippen molar-refractivity contribution in [3.63, 3.8) is 0 Å². The van der Waals surface area contributed by atoms with Gasteiger partial charge in [-0.25, -0.2) is 8.78 Å². The number of benzene rings is 1. The van der Waals surface area contributed by atoms with Crippen molar-refractivity contribution in [2.75, 3.05) is 13.1 Å². The van der Waals surface area contributed by atoms with Gasteiger partial charge in [0.15, 0.2) is 11.4 Å². The number of pyridine rings is 1.